The Morgan fingerprint density at radius 1 is 0.358 bits per heavy atom. The van der Waals surface area contributed by atoms with E-state index in [4.69, 9.17) is 0 Å². The summed E-state index contributed by atoms with van der Waals surface area (Å²) in [5.74, 6) is 0. The highest BCUT2D eigenvalue weighted by atomic mass is 28.3. The van der Waals surface area contributed by atoms with Crippen molar-refractivity contribution in [2.75, 3.05) is 4.90 Å². The maximum Gasteiger partial charge on any atom is 0.0714 e. The Kier molecular flexibility index (Phi) is 8.46. The Hall–Kier alpha value is -6.22. The first-order chi connectivity index (χ1) is 26.1. The molecule has 0 heterocycles. The van der Waals surface area contributed by atoms with Crippen LogP contribution in [0.5, 0.6) is 0 Å². The molecule has 0 unspecified atom stereocenters. The van der Waals surface area contributed by atoms with Crippen molar-refractivity contribution >= 4 is 31.0 Å². The van der Waals surface area contributed by atoms with E-state index < -0.39 is 14.2 Å². The van der Waals surface area contributed by atoms with E-state index in [1.807, 2.05) is 0 Å². The van der Waals surface area contributed by atoms with Gasteiger partial charge in [0.15, 0.2) is 0 Å². The van der Waals surface area contributed by atoms with Crippen LogP contribution in [-0.4, -0.2) is 8.80 Å². The summed E-state index contributed by atoms with van der Waals surface area (Å²) < 4.78 is 0. The standard InChI is InChI=1S/C51H41NSi/c1-53(2)46-33-26-40(27-34-46)39-24-30-44(31-25-39)52(43-28-22-38(23-29-43)37-14-6-3-7-15-37)45-32-35-48-47-20-12-13-21-49(47)51(50(48)36-45,41-16-8-4-9-17-41)42-18-10-5-11-19-42/h3-36,53H,1-2H3. The van der Waals surface area contributed by atoms with Gasteiger partial charge in [-0.2, -0.15) is 0 Å². The molecule has 53 heavy (non-hydrogen) atoms. The number of hydrogen-bond donors (Lipinski definition) is 0. The predicted molar refractivity (Wildman–Crippen MR) is 228 cm³/mol. The third-order valence-corrected chi connectivity index (χ3v) is 12.7. The molecule has 0 N–H and O–H groups in total. The summed E-state index contributed by atoms with van der Waals surface area (Å²) in [4.78, 5) is 2.41. The van der Waals surface area contributed by atoms with Crippen molar-refractivity contribution in [3.8, 4) is 33.4 Å². The molecule has 0 radical (unpaired) electrons. The molecule has 0 atom stereocenters. The van der Waals surface area contributed by atoms with Crippen molar-refractivity contribution in [3.05, 3.63) is 229 Å². The number of nitrogens with zero attached hydrogens (tertiary/aromatic N) is 1. The quantitative estimate of drug-likeness (QED) is 0.143. The number of rotatable bonds is 8. The van der Waals surface area contributed by atoms with Crippen LogP contribution in [0.25, 0.3) is 33.4 Å². The Balaban J connectivity index is 1.23. The van der Waals surface area contributed by atoms with Crippen LogP contribution < -0.4 is 10.1 Å². The van der Waals surface area contributed by atoms with E-state index in [2.05, 4.69) is 224 Å². The molecule has 0 amide bonds. The van der Waals surface area contributed by atoms with Crippen LogP contribution in [-0.2, 0) is 5.41 Å². The van der Waals surface area contributed by atoms with Crippen LogP contribution in [0.1, 0.15) is 22.3 Å². The lowest BCUT2D eigenvalue weighted by Gasteiger charge is -2.35. The molecule has 9 rings (SSSR count). The second-order valence-electron chi connectivity index (χ2n) is 14.3. The molecular formula is C51H41NSi. The predicted octanol–water partition coefficient (Wildman–Crippen LogP) is 12.5. The highest BCUT2D eigenvalue weighted by Crippen LogP contribution is 2.57. The summed E-state index contributed by atoms with van der Waals surface area (Å²) in [6.45, 7) is 4.76. The SMILES string of the molecule is C[SiH](C)c1ccc(-c2ccc(N(c3ccc(-c4ccccc4)cc3)c3ccc4c(c3)C(c3ccccc3)(c3ccccc3)c3ccccc3-4)cc2)cc1. The molecule has 0 aliphatic heterocycles. The number of benzene rings is 8. The van der Waals surface area contributed by atoms with Crippen molar-refractivity contribution in [1.29, 1.82) is 0 Å². The van der Waals surface area contributed by atoms with Crippen molar-refractivity contribution in [2.45, 2.75) is 18.5 Å². The third kappa shape index (κ3) is 5.73. The lowest BCUT2D eigenvalue weighted by Crippen LogP contribution is -2.28. The highest BCUT2D eigenvalue weighted by Gasteiger charge is 2.46. The Labute approximate surface area is 315 Å². The summed E-state index contributed by atoms with van der Waals surface area (Å²) in [6.07, 6.45) is 0. The van der Waals surface area contributed by atoms with E-state index in [1.54, 1.807) is 0 Å². The average Bonchev–Trinajstić information content (AvgIpc) is 3.53. The fourth-order valence-electron chi connectivity index (χ4n) is 8.32. The molecule has 8 aromatic rings. The Morgan fingerprint density at radius 2 is 0.774 bits per heavy atom. The van der Waals surface area contributed by atoms with E-state index in [0.29, 0.717) is 0 Å². The summed E-state index contributed by atoms with van der Waals surface area (Å²) >= 11 is 0. The van der Waals surface area contributed by atoms with Gasteiger partial charge in [-0.3, -0.25) is 0 Å². The summed E-state index contributed by atoms with van der Waals surface area (Å²) in [7, 11) is -0.842. The Morgan fingerprint density at radius 3 is 1.30 bits per heavy atom. The van der Waals surface area contributed by atoms with Crippen LogP contribution in [0.3, 0.4) is 0 Å². The van der Waals surface area contributed by atoms with Crippen LogP contribution >= 0.6 is 0 Å². The molecule has 1 nitrogen and oxygen atoms in total. The van der Waals surface area contributed by atoms with Gasteiger partial charge in [0.05, 0.1) is 14.2 Å². The molecular weight excluding hydrogens is 655 g/mol. The third-order valence-electron chi connectivity index (χ3n) is 11.0. The molecule has 8 aromatic carbocycles. The largest absolute Gasteiger partial charge is 0.310 e. The molecule has 254 valence electrons. The molecule has 0 fully saturated rings. The second-order valence-corrected chi connectivity index (χ2v) is 17.3. The number of hydrogen-bond acceptors (Lipinski definition) is 1. The second kappa shape index (κ2) is 13.7. The van der Waals surface area contributed by atoms with E-state index in [-0.39, 0.29) is 0 Å². The smallest absolute Gasteiger partial charge is 0.0714 e. The summed E-state index contributed by atoms with van der Waals surface area (Å²) in [6, 6.07) is 76.0. The van der Waals surface area contributed by atoms with Gasteiger partial charge in [-0.15, -0.1) is 0 Å². The highest BCUT2D eigenvalue weighted by molar-refractivity contribution is 6.70. The van der Waals surface area contributed by atoms with Crippen LogP contribution in [0.15, 0.2) is 206 Å². The van der Waals surface area contributed by atoms with Gasteiger partial charge in [-0.25, -0.2) is 0 Å². The molecule has 2 heteroatoms. The first kappa shape index (κ1) is 32.7. The van der Waals surface area contributed by atoms with Gasteiger partial charge >= 0.3 is 0 Å². The zero-order chi connectivity index (χ0) is 35.8. The van der Waals surface area contributed by atoms with Crippen LogP contribution in [0, 0.1) is 0 Å². The van der Waals surface area contributed by atoms with Gasteiger partial charge in [0.25, 0.3) is 0 Å². The molecule has 0 saturated carbocycles. The zero-order valence-corrected chi connectivity index (χ0v) is 31.3. The van der Waals surface area contributed by atoms with Crippen molar-refractivity contribution in [1.82, 2.24) is 0 Å². The topological polar surface area (TPSA) is 3.24 Å². The average molecular weight is 696 g/mol. The minimum Gasteiger partial charge on any atom is -0.310 e. The Bertz CT molecular complexity index is 2450. The fraction of sp³-hybridized carbons (Fsp3) is 0.0588. The van der Waals surface area contributed by atoms with E-state index in [0.717, 1.165) is 17.1 Å². The molecule has 0 spiro atoms. The molecule has 1 aliphatic rings. The van der Waals surface area contributed by atoms with Crippen molar-refractivity contribution in [3.63, 3.8) is 0 Å². The number of anilines is 3. The maximum atomic E-state index is 2.45. The lowest BCUT2D eigenvalue weighted by molar-refractivity contribution is 0.768. The molecule has 0 saturated heterocycles. The van der Waals surface area contributed by atoms with Gasteiger partial charge in [0, 0.05) is 17.1 Å². The van der Waals surface area contributed by atoms with Crippen molar-refractivity contribution < 1.29 is 0 Å². The number of fused-ring (bicyclic) bond motifs is 3. The van der Waals surface area contributed by atoms with Gasteiger partial charge in [0.2, 0.25) is 0 Å². The van der Waals surface area contributed by atoms with Gasteiger partial charge in [-0.1, -0.05) is 188 Å². The van der Waals surface area contributed by atoms with E-state index in [9.17, 15) is 0 Å². The van der Waals surface area contributed by atoms with E-state index >= 15 is 0 Å². The summed E-state index contributed by atoms with van der Waals surface area (Å²) in [5, 5.41) is 1.50. The first-order valence-corrected chi connectivity index (χ1v) is 21.5. The van der Waals surface area contributed by atoms with E-state index in [1.165, 1.54) is 60.8 Å². The van der Waals surface area contributed by atoms with Gasteiger partial charge < -0.3 is 4.90 Å². The lowest BCUT2D eigenvalue weighted by atomic mass is 9.67. The first-order valence-electron chi connectivity index (χ1n) is 18.6. The van der Waals surface area contributed by atoms with Gasteiger partial charge in [0.1, 0.15) is 0 Å². The fourth-order valence-corrected chi connectivity index (χ4v) is 9.28. The molecule has 0 aromatic heterocycles. The molecule has 1 aliphatic carbocycles. The van der Waals surface area contributed by atoms with Crippen LogP contribution in [0.4, 0.5) is 17.1 Å². The molecule has 0 bridgehead atoms. The summed E-state index contributed by atoms with van der Waals surface area (Å²) in [5.41, 5.74) is 15.5. The minimum absolute atomic E-state index is 0.470. The maximum absolute atomic E-state index is 2.45. The normalized spacial score (nSPS) is 12.7. The van der Waals surface area contributed by atoms with Gasteiger partial charge in [-0.05, 0) is 92.0 Å². The van der Waals surface area contributed by atoms with Crippen LogP contribution in [0.2, 0.25) is 13.1 Å². The monoisotopic (exact) mass is 695 g/mol. The minimum atomic E-state index is -0.842. The zero-order valence-electron chi connectivity index (χ0n) is 30.2. The van der Waals surface area contributed by atoms with Crippen molar-refractivity contribution in [2.24, 2.45) is 0 Å².